The number of nitrogens with one attached hydrogen (secondary N) is 2. The molecule has 3 aliphatic rings. The molecule has 0 spiro atoms. The molecule has 42 heteroatoms. The van der Waals surface area contributed by atoms with E-state index in [4.69, 9.17) is 40.5 Å². The van der Waals surface area contributed by atoms with Crippen molar-refractivity contribution in [1.29, 1.82) is 0 Å². The van der Waals surface area contributed by atoms with Crippen LogP contribution in [0.15, 0.2) is 39.3 Å². The van der Waals surface area contributed by atoms with Crippen molar-refractivity contribution in [2.24, 2.45) is 7.05 Å². The monoisotopic (exact) mass is 1110 g/mol. The molecule has 8 heterocycles. The van der Waals surface area contributed by atoms with Crippen molar-refractivity contribution < 1.29 is 109 Å². The molecule has 0 saturated carbocycles. The number of phosphoric ester groups is 3. The van der Waals surface area contributed by atoms with Gasteiger partial charge in [0.1, 0.15) is 60.8 Å². The van der Waals surface area contributed by atoms with Crippen LogP contribution in [0, 0.1) is 0 Å². The van der Waals surface area contributed by atoms with Crippen molar-refractivity contribution in [3.8, 4) is 0 Å². The van der Waals surface area contributed by atoms with Gasteiger partial charge in [0.05, 0.1) is 33.2 Å². The van der Waals surface area contributed by atoms with Gasteiger partial charge < -0.3 is 76.5 Å². The Kier molecular flexibility index (Phi) is 14.7. The molecule has 38 nitrogen and oxygen atoms in total. The molecule has 72 heavy (non-hydrogen) atoms. The first-order chi connectivity index (χ1) is 33.5. The van der Waals surface area contributed by atoms with Crippen LogP contribution < -0.4 is 38.6 Å². The van der Waals surface area contributed by atoms with Crippen LogP contribution in [0.5, 0.6) is 0 Å². The van der Waals surface area contributed by atoms with Gasteiger partial charge in [0.2, 0.25) is 17.7 Å². The first-order valence-electron chi connectivity index (χ1n) is 20.1. The zero-order valence-electron chi connectivity index (χ0n) is 36.0. The Morgan fingerprint density at radius 1 is 0.694 bits per heavy atom. The number of H-pyrrole nitrogens is 2. The lowest BCUT2D eigenvalue weighted by Gasteiger charge is -2.24. The van der Waals surface area contributed by atoms with Gasteiger partial charge in [-0.3, -0.25) is 51.4 Å². The Morgan fingerprint density at radius 3 is 1.90 bits per heavy atom. The van der Waals surface area contributed by atoms with Gasteiger partial charge >= 0.3 is 42.6 Å². The van der Waals surface area contributed by atoms with Gasteiger partial charge in [-0.05, 0) is 6.07 Å². The molecule has 0 radical (unpaired) electrons. The number of aliphatic hydroxyl groups excluding tert-OH is 5. The molecule has 8 rings (SSSR count). The molecule has 3 saturated heterocycles. The number of rotatable bonds is 18. The number of aryl methyl sites for hydroxylation is 1. The minimum absolute atomic E-state index is 0.0369. The van der Waals surface area contributed by atoms with E-state index in [9.17, 15) is 77.8 Å². The van der Waals surface area contributed by atoms with E-state index in [2.05, 4.69) is 47.6 Å². The molecule has 3 fully saturated rings. The number of fused-ring (bicyclic) bond motifs is 2. The molecule has 0 amide bonds. The molecule has 0 aliphatic carbocycles. The summed E-state index contributed by atoms with van der Waals surface area (Å²) in [5, 5.41) is 54.1. The smallest absolute Gasteiger partial charge is 0.387 e. The summed E-state index contributed by atoms with van der Waals surface area (Å²) in [5.41, 5.74) is 13.6. The summed E-state index contributed by atoms with van der Waals surface area (Å²) in [5.74, 6) is -0.959. The number of anilines is 3. The Labute approximate surface area is 397 Å². The highest BCUT2D eigenvalue weighted by atomic mass is 31.3. The number of aromatic amines is 2. The predicted octanol–water partition coefficient (Wildman–Crippen LogP) is -5.95. The second kappa shape index (κ2) is 19.8. The highest BCUT2D eigenvalue weighted by molar-refractivity contribution is 7.66. The first kappa shape index (κ1) is 53.5. The summed E-state index contributed by atoms with van der Waals surface area (Å²) in [7, 11) is -22.2. The van der Waals surface area contributed by atoms with E-state index in [1.807, 2.05) is 0 Å². The van der Waals surface area contributed by atoms with Gasteiger partial charge in [0, 0.05) is 6.20 Å². The van der Waals surface area contributed by atoms with Crippen molar-refractivity contribution in [1.82, 2.24) is 43.6 Å². The maximum absolute atomic E-state index is 13.4. The molecule has 0 aromatic carbocycles. The molecule has 0 bridgehead atoms. The van der Waals surface area contributed by atoms with E-state index in [1.165, 1.54) is 17.9 Å². The average molecular weight is 1110 g/mol. The molecule has 3 aliphatic heterocycles. The fraction of sp³-hybridized carbons (Fsp3) is 0.533. The highest BCUT2D eigenvalue weighted by Gasteiger charge is 2.53. The number of nitrogen functional groups attached to an aromatic ring is 3. The fourth-order valence-corrected chi connectivity index (χ4v) is 12.1. The minimum Gasteiger partial charge on any atom is -0.387 e. The number of aliphatic hydroxyl groups is 5. The zero-order chi connectivity index (χ0) is 52.6. The molecule has 396 valence electrons. The van der Waals surface area contributed by atoms with Crippen LogP contribution in [0.1, 0.15) is 18.7 Å². The van der Waals surface area contributed by atoms with Crippen LogP contribution >= 0.6 is 31.3 Å². The van der Waals surface area contributed by atoms with E-state index in [0.29, 0.717) is 4.57 Å². The standard InChI is InChI=1S/C30H41N13O25P4/c1-40-8-43(22-14(40)24(50)39-29(33)37-22)26-18(47)16(45)10(64-26)5-61-70(54,55)67-72(58,59)68-71(56,57)62-6-11-20(19(48)27(65-11)41-3-2-12(31)35-30(41)51)66-69(52,53)60-4-9-15(44)17(46)25(63-9)42-7-34-13-21(42)36-28(32)38-23(13)49/h2-3,7-11,15-20,25-27,44-48H,4-6H2,1H3,(H11-,31,32,33,35,36,37,38,39,49,50,51,52,53,54,55,56,57,58,59)/p+1/t9-,10-,11-,15-,16-,17-,18-,19-,20-,25-,26-,27-/m1/s1. The molecule has 5 aromatic heterocycles. The lowest BCUT2D eigenvalue weighted by Crippen LogP contribution is -2.46. The molecule has 4 unspecified atom stereocenters. The number of ether oxygens (including phenoxy) is 3. The van der Waals surface area contributed by atoms with Gasteiger partial charge in [-0.25, -0.2) is 32.6 Å². The van der Waals surface area contributed by atoms with Gasteiger partial charge in [-0.15, -0.1) is 0 Å². The van der Waals surface area contributed by atoms with Gasteiger partial charge in [0.25, 0.3) is 17.1 Å². The topological polar surface area (TPSA) is 565 Å². The zero-order valence-corrected chi connectivity index (χ0v) is 39.6. The summed E-state index contributed by atoms with van der Waals surface area (Å²) >= 11 is 0. The number of phosphoric acid groups is 4. The normalized spacial score (nSPS) is 31.1. The summed E-state index contributed by atoms with van der Waals surface area (Å²) in [4.78, 5) is 98.7. The minimum atomic E-state index is -6.24. The lowest BCUT2D eigenvalue weighted by molar-refractivity contribution is -0.745. The number of aromatic nitrogens is 10. The second-order valence-corrected chi connectivity index (χ2v) is 21.8. The van der Waals surface area contributed by atoms with Crippen LogP contribution in [0.25, 0.3) is 22.3 Å². The molecular weight excluding hydrogens is 1070 g/mol. The Hall–Kier alpha value is -4.82. The second-order valence-electron chi connectivity index (χ2n) is 15.7. The van der Waals surface area contributed by atoms with Crippen molar-refractivity contribution in [2.75, 3.05) is 37.0 Å². The van der Waals surface area contributed by atoms with E-state index in [-0.39, 0.29) is 40.0 Å². The van der Waals surface area contributed by atoms with Crippen molar-refractivity contribution in [3.63, 3.8) is 0 Å². The van der Waals surface area contributed by atoms with Crippen LogP contribution in [-0.4, -0.2) is 163 Å². The Morgan fingerprint density at radius 2 is 1.25 bits per heavy atom. The highest BCUT2D eigenvalue weighted by Crippen LogP contribution is 2.68. The van der Waals surface area contributed by atoms with E-state index in [1.54, 1.807) is 0 Å². The van der Waals surface area contributed by atoms with Crippen molar-refractivity contribution in [2.45, 2.75) is 73.6 Å². The lowest BCUT2D eigenvalue weighted by atomic mass is 10.1. The summed E-state index contributed by atoms with van der Waals surface area (Å²) < 4.78 is 100. The Balaban J connectivity index is 0.903. The van der Waals surface area contributed by atoms with Crippen molar-refractivity contribution >= 4 is 71.3 Å². The third-order valence-corrected chi connectivity index (χ3v) is 16.0. The van der Waals surface area contributed by atoms with Crippen LogP contribution in [0.4, 0.5) is 17.7 Å². The number of hydrogen-bond acceptors (Lipinski definition) is 28. The van der Waals surface area contributed by atoms with Crippen LogP contribution in [0.2, 0.25) is 0 Å². The molecule has 5 aromatic rings. The largest absolute Gasteiger partial charge is 0.490 e. The maximum Gasteiger partial charge on any atom is 0.490 e. The predicted molar refractivity (Wildman–Crippen MR) is 227 cm³/mol. The van der Waals surface area contributed by atoms with E-state index >= 15 is 0 Å². The van der Waals surface area contributed by atoms with Crippen LogP contribution in [0.3, 0.4) is 0 Å². The molecule has 16 atom stereocenters. The van der Waals surface area contributed by atoms with Crippen LogP contribution in [-0.2, 0) is 66.2 Å². The summed E-state index contributed by atoms with van der Waals surface area (Å²) in [6.07, 6.45) is -19.0. The third kappa shape index (κ3) is 11.0. The van der Waals surface area contributed by atoms with Gasteiger partial charge in [-0.1, -0.05) is 4.98 Å². The molecular formula is C30H42N13O25P4+. The van der Waals surface area contributed by atoms with Crippen molar-refractivity contribution in [3.05, 3.63) is 56.1 Å². The maximum atomic E-state index is 13.4. The number of nitrogens with two attached hydrogens (primary N) is 3. The summed E-state index contributed by atoms with van der Waals surface area (Å²) in [6.45, 7) is -3.65. The number of hydrogen-bond donors (Lipinski definition) is 14. The quantitative estimate of drug-likeness (QED) is 0.0287. The fourth-order valence-electron chi connectivity index (χ4n) is 7.62. The van der Waals surface area contributed by atoms with Gasteiger partial charge in [-0.2, -0.15) is 18.6 Å². The number of nitrogens with zero attached hydrogens (tertiary/aromatic N) is 8. The van der Waals surface area contributed by atoms with E-state index in [0.717, 1.165) is 27.7 Å². The number of imidazole rings is 2. The summed E-state index contributed by atoms with van der Waals surface area (Å²) in [6, 6.07) is 1.06. The van der Waals surface area contributed by atoms with E-state index < -0.39 is 142 Å². The third-order valence-electron chi connectivity index (χ3n) is 10.8. The Bertz CT molecular complexity index is 3260. The SMILES string of the molecule is Cn1c[n+]([C@@H]2O[C@H](COP(=O)(O)OP(=O)(O)OP(=O)(O)OC[C@H]3O[C@@H](n4ccc(N)nc4=O)[C@H](O)[C@@H]3OP(=O)(O)OC[C@H]3O[C@@H](n4cnc5c(=O)[nH]c(N)nc54)[C@H](O)[C@@H]3O)[C@@H](O)[C@H]2O)c2nc(N)[nH]c(=O)c21. The average Bonchev–Trinajstić information content (AvgIpc) is 4.05. The van der Waals surface area contributed by atoms with Gasteiger partial charge in [0.15, 0.2) is 29.9 Å². The molecule has 17 N–H and O–H groups in total. The first-order valence-corrected chi connectivity index (χ1v) is 26.1.